The molecular weight excluding hydrogens is 206 g/mol. The van der Waals surface area contributed by atoms with Crippen LogP contribution >= 0.6 is 0 Å². The quantitative estimate of drug-likeness (QED) is 0.759. The lowest BCUT2D eigenvalue weighted by atomic mass is 10.1. The SMILES string of the molecule is C=C(O)c1cnc(NC2CCOCC2)nc1. The molecule has 0 saturated carbocycles. The lowest BCUT2D eigenvalue weighted by Gasteiger charge is -2.22. The summed E-state index contributed by atoms with van der Waals surface area (Å²) in [4.78, 5) is 8.22. The second kappa shape index (κ2) is 4.94. The Morgan fingerprint density at radius 2 is 2.00 bits per heavy atom. The highest BCUT2D eigenvalue weighted by Crippen LogP contribution is 2.12. The molecule has 0 bridgehead atoms. The summed E-state index contributed by atoms with van der Waals surface area (Å²) in [5, 5.41) is 12.4. The van der Waals surface area contributed by atoms with E-state index in [4.69, 9.17) is 9.84 Å². The van der Waals surface area contributed by atoms with E-state index < -0.39 is 0 Å². The molecule has 0 aliphatic carbocycles. The molecule has 2 rings (SSSR count). The van der Waals surface area contributed by atoms with Gasteiger partial charge in [0.2, 0.25) is 5.95 Å². The molecule has 1 aliphatic heterocycles. The van der Waals surface area contributed by atoms with Crippen molar-refractivity contribution in [3.8, 4) is 0 Å². The van der Waals surface area contributed by atoms with Crippen LogP contribution in [0.5, 0.6) is 0 Å². The molecule has 2 heterocycles. The van der Waals surface area contributed by atoms with Gasteiger partial charge in [-0.2, -0.15) is 0 Å². The van der Waals surface area contributed by atoms with Gasteiger partial charge in [0.25, 0.3) is 0 Å². The van der Waals surface area contributed by atoms with Gasteiger partial charge in [0, 0.05) is 31.6 Å². The molecule has 1 fully saturated rings. The van der Waals surface area contributed by atoms with Crippen molar-refractivity contribution in [1.29, 1.82) is 0 Å². The number of anilines is 1. The normalized spacial score (nSPS) is 17.0. The molecule has 0 aromatic carbocycles. The number of aliphatic hydroxyl groups is 1. The zero-order valence-corrected chi connectivity index (χ0v) is 9.02. The highest BCUT2D eigenvalue weighted by atomic mass is 16.5. The van der Waals surface area contributed by atoms with Gasteiger partial charge in [0.15, 0.2) is 0 Å². The summed E-state index contributed by atoms with van der Waals surface area (Å²) in [5.41, 5.74) is 0.539. The molecule has 0 unspecified atom stereocenters. The summed E-state index contributed by atoms with van der Waals surface area (Å²) in [6.45, 7) is 4.97. The van der Waals surface area contributed by atoms with Crippen LogP contribution in [0.3, 0.4) is 0 Å². The van der Waals surface area contributed by atoms with E-state index in [9.17, 15) is 0 Å². The fourth-order valence-corrected chi connectivity index (χ4v) is 1.58. The first-order valence-electron chi connectivity index (χ1n) is 5.30. The third-order valence-corrected chi connectivity index (χ3v) is 2.54. The Balaban J connectivity index is 1.96. The van der Waals surface area contributed by atoms with E-state index in [1.54, 1.807) is 12.4 Å². The Morgan fingerprint density at radius 3 is 2.56 bits per heavy atom. The Bertz CT molecular complexity index is 358. The van der Waals surface area contributed by atoms with Crippen molar-refractivity contribution in [2.45, 2.75) is 18.9 Å². The summed E-state index contributed by atoms with van der Waals surface area (Å²) in [6, 6.07) is 0.372. The highest BCUT2D eigenvalue weighted by molar-refractivity contribution is 5.54. The number of aromatic nitrogens is 2. The Labute approximate surface area is 94.2 Å². The lowest BCUT2D eigenvalue weighted by Crippen LogP contribution is -2.28. The molecule has 0 amide bonds. The fraction of sp³-hybridized carbons (Fsp3) is 0.455. The number of hydrogen-bond acceptors (Lipinski definition) is 5. The zero-order valence-electron chi connectivity index (χ0n) is 9.02. The second-order valence-corrected chi connectivity index (χ2v) is 3.77. The largest absolute Gasteiger partial charge is 0.508 e. The highest BCUT2D eigenvalue weighted by Gasteiger charge is 2.14. The molecule has 16 heavy (non-hydrogen) atoms. The van der Waals surface area contributed by atoms with Crippen molar-refractivity contribution >= 4 is 11.7 Å². The summed E-state index contributed by atoms with van der Waals surface area (Å²) < 4.78 is 5.26. The molecule has 0 radical (unpaired) electrons. The minimum Gasteiger partial charge on any atom is -0.508 e. The van der Waals surface area contributed by atoms with Crippen LogP contribution in [0.4, 0.5) is 5.95 Å². The number of ether oxygens (including phenoxy) is 1. The topological polar surface area (TPSA) is 67.3 Å². The van der Waals surface area contributed by atoms with Gasteiger partial charge in [-0.05, 0) is 12.8 Å². The Kier molecular flexibility index (Phi) is 3.36. The third-order valence-electron chi connectivity index (χ3n) is 2.54. The summed E-state index contributed by atoms with van der Waals surface area (Å²) in [7, 11) is 0. The minimum atomic E-state index is -0.0161. The van der Waals surface area contributed by atoms with Crippen LogP contribution < -0.4 is 5.32 Å². The van der Waals surface area contributed by atoms with Crippen LogP contribution in [-0.4, -0.2) is 34.3 Å². The van der Waals surface area contributed by atoms with Gasteiger partial charge in [-0.3, -0.25) is 0 Å². The van der Waals surface area contributed by atoms with Crippen molar-refractivity contribution in [2.75, 3.05) is 18.5 Å². The molecule has 5 heteroatoms. The van der Waals surface area contributed by atoms with Gasteiger partial charge >= 0.3 is 0 Å². The average Bonchev–Trinajstić information content (AvgIpc) is 2.31. The maximum atomic E-state index is 9.12. The molecule has 1 saturated heterocycles. The van der Waals surface area contributed by atoms with Gasteiger partial charge in [-0.1, -0.05) is 6.58 Å². The average molecular weight is 221 g/mol. The van der Waals surface area contributed by atoms with E-state index >= 15 is 0 Å². The smallest absolute Gasteiger partial charge is 0.222 e. The molecule has 0 spiro atoms. The van der Waals surface area contributed by atoms with Gasteiger partial charge < -0.3 is 15.2 Å². The molecule has 0 atom stereocenters. The maximum Gasteiger partial charge on any atom is 0.222 e. The van der Waals surface area contributed by atoms with E-state index in [1.165, 1.54) is 0 Å². The zero-order chi connectivity index (χ0) is 11.4. The number of aliphatic hydroxyl groups excluding tert-OH is 1. The molecule has 1 aromatic heterocycles. The molecular formula is C11H15N3O2. The van der Waals surface area contributed by atoms with E-state index in [2.05, 4.69) is 21.9 Å². The molecule has 1 aliphatic rings. The van der Waals surface area contributed by atoms with E-state index in [0.717, 1.165) is 26.1 Å². The Morgan fingerprint density at radius 1 is 1.38 bits per heavy atom. The maximum absolute atomic E-state index is 9.12. The third kappa shape index (κ3) is 2.70. The Hall–Kier alpha value is -1.62. The summed E-state index contributed by atoms with van der Waals surface area (Å²) in [5.74, 6) is 0.564. The first-order valence-corrected chi connectivity index (χ1v) is 5.30. The molecule has 86 valence electrons. The van der Waals surface area contributed by atoms with Crippen molar-refractivity contribution < 1.29 is 9.84 Å². The van der Waals surface area contributed by atoms with Crippen LogP contribution in [-0.2, 0) is 4.74 Å². The number of nitrogens with one attached hydrogen (secondary N) is 1. The van der Waals surface area contributed by atoms with E-state index in [-0.39, 0.29) is 5.76 Å². The summed E-state index contributed by atoms with van der Waals surface area (Å²) >= 11 is 0. The monoisotopic (exact) mass is 221 g/mol. The van der Waals surface area contributed by atoms with Crippen LogP contribution in [0.25, 0.3) is 5.76 Å². The molecule has 2 N–H and O–H groups in total. The van der Waals surface area contributed by atoms with E-state index in [0.29, 0.717) is 17.6 Å². The summed E-state index contributed by atoms with van der Waals surface area (Å²) in [6.07, 6.45) is 5.05. The van der Waals surface area contributed by atoms with Crippen molar-refractivity contribution in [1.82, 2.24) is 9.97 Å². The van der Waals surface area contributed by atoms with Crippen LogP contribution in [0.2, 0.25) is 0 Å². The lowest BCUT2D eigenvalue weighted by molar-refractivity contribution is 0.0903. The van der Waals surface area contributed by atoms with Gasteiger partial charge in [0.1, 0.15) is 5.76 Å². The standard InChI is InChI=1S/C11H15N3O2/c1-8(15)9-6-12-11(13-7-9)14-10-2-4-16-5-3-10/h6-7,10,15H,1-5H2,(H,12,13,14). The molecule has 5 nitrogen and oxygen atoms in total. The first-order chi connectivity index (χ1) is 7.75. The minimum absolute atomic E-state index is 0.0161. The van der Waals surface area contributed by atoms with Crippen LogP contribution in [0, 0.1) is 0 Å². The van der Waals surface area contributed by atoms with Crippen LogP contribution in [0.15, 0.2) is 19.0 Å². The van der Waals surface area contributed by atoms with Crippen molar-refractivity contribution in [2.24, 2.45) is 0 Å². The van der Waals surface area contributed by atoms with Crippen molar-refractivity contribution in [3.05, 3.63) is 24.5 Å². The number of nitrogens with zero attached hydrogens (tertiary/aromatic N) is 2. The van der Waals surface area contributed by atoms with Gasteiger partial charge in [-0.15, -0.1) is 0 Å². The van der Waals surface area contributed by atoms with Crippen LogP contribution in [0.1, 0.15) is 18.4 Å². The van der Waals surface area contributed by atoms with Gasteiger partial charge in [0.05, 0.1) is 5.56 Å². The fourth-order valence-electron chi connectivity index (χ4n) is 1.58. The predicted molar refractivity (Wildman–Crippen MR) is 61.2 cm³/mol. The molecule has 1 aromatic rings. The van der Waals surface area contributed by atoms with Gasteiger partial charge in [-0.25, -0.2) is 9.97 Å². The van der Waals surface area contributed by atoms with Crippen molar-refractivity contribution in [3.63, 3.8) is 0 Å². The van der Waals surface area contributed by atoms with E-state index in [1.807, 2.05) is 0 Å². The second-order valence-electron chi connectivity index (χ2n) is 3.77. The number of hydrogen-bond donors (Lipinski definition) is 2. The number of rotatable bonds is 3. The first kappa shape index (κ1) is 10.9. The predicted octanol–water partition coefficient (Wildman–Crippen LogP) is 1.60.